The highest BCUT2D eigenvalue weighted by Gasteiger charge is 2.09. The van der Waals surface area contributed by atoms with Gasteiger partial charge in [0.25, 0.3) is 0 Å². The fraction of sp³-hybridized carbons (Fsp3) is 0.250. The Morgan fingerprint density at radius 2 is 2.33 bits per heavy atom. The number of hydrogen-bond acceptors (Lipinski definition) is 5. The predicted molar refractivity (Wildman–Crippen MR) is 68.3 cm³/mol. The Morgan fingerprint density at radius 3 is 3.06 bits per heavy atom. The lowest BCUT2D eigenvalue weighted by molar-refractivity contribution is 0.368. The van der Waals surface area contributed by atoms with E-state index in [1.54, 1.807) is 17.5 Å². The summed E-state index contributed by atoms with van der Waals surface area (Å²) in [5.74, 6) is 1.31. The second-order valence-corrected chi connectivity index (χ2v) is 4.88. The Kier molecular flexibility index (Phi) is 2.93. The van der Waals surface area contributed by atoms with Crippen molar-refractivity contribution < 1.29 is 4.52 Å². The Hall–Kier alpha value is -1.95. The van der Waals surface area contributed by atoms with Crippen molar-refractivity contribution in [3.8, 4) is 10.7 Å². The maximum absolute atomic E-state index is 5.23. The van der Waals surface area contributed by atoms with Crippen LogP contribution in [0.2, 0.25) is 0 Å². The molecule has 0 aliphatic rings. The van der Waals surface area contributed by atoms with E-state index in [0.29, 0.717) is 18.1 Å². The van der Waals surface area contributed by atoms with E-state index in [2.05, 4.69) is 15.2 Å². The number of hydrogen-bond donors (Lipinski definition) is 0. The number of thiophene rings is 1. The first kappa shape index (κ1) is 11.2. The molecule has 3 heterocycles. The summed E-state index contributed by atoms with van der Waals surface area (Å²) in [6, 6.07) is 5.94. The van der Waals surface area contributed by atoms with Gasteiger partial charge in [-0.1, -0.05) is 11.2 Å². The Bertz CT molecular complexity index is 626. The first-order valence-electron chi connectivity index (χ1n) is 5.68. The van der Waals surface area contributed by atoms with Gasteiger partial charge in [0.15, 0.2) is 0 Å². The number of aromatic nitrogens is 4. The van der Waals surface area contributed by atoms with Crippen molar-refractivity contribution in [3.63, 3.8) is 0 Å². The van der Waals surface area contributed by atoms with Crippen LogP contribution >= 0.6 is 11.3 Å². The van der Waals surface area contributed by atoms with Gasteiger partial charge in [-0.05, 0) is 24.4 Å². The summed E-state index contributed by atoms with van der Waals surface area (Å²) in [6.45, 7) is 2.78. The molecule has 0 aliphatic heterocycles. The minimum Gasteiger partial charge on any atom is -0.339 e. The molecule has 5 nitrogen and oxygen atoms in total. The van der Waals surface area contributed by atoms with Crippen LogP contribution in [0, 0.1) is 6.92 Å². The first-order chi connectivity index (χ1) is 8.83. The maximum atomic E-state index is 5.23. The van der Waals surface area contributed by atoms with Crippen LogP contribution in [-0.2, 0) is 13.0 Å². The molecule has 0 spiro atoms. The molecule has 0 N–H and O–H groups in total. The minimum atomic E-state index is 0.647. The van der Waals surface area contributed by atoms with E-state index in [1.807, 2.05) is 35.2 Å². The topological polar surface area (TPSA) is 56.7 Å². The zero-order valence-corrected chi connectivity index (χ0v) is 10.7. The second-order valence-electron chi connectivity index (χ2n) is 3.93. The van der Waals surface area contributed by atoms with E-state index in [0.717, 1.165) is 17.1 Å². The van der Waals surface area contributed by atoms with Gasteiger partial charge in [-0.15, -0.1) is 11.3 Å². The molecule has 92 valence electrons. The summed E-state index contributed by atoms with van der Waals surface area (Å²) in [4.78, 5) is 5.40. The highest BCUT2D eigenvalue weighted by atomic mass is 32.1. The van der Waals surface area contributed by atoms with Gasteiger partial charge in [0.2, 0.25) is 11.7 Å². The van der Waals surface area contributed by atoms with E-state index in [-0.39, 0.29) is 0 Å². The van der Waals surface area contributed by atoms with Crippen LogP contribution < -0.4 is 0 Å². The van der Waals surface area contributed by atoms with Crippen LogP contribution in [0.25, 0.3) is 10.7 Å². The van der Waals surface area contributed by atoms with E-state index in [4.69, 9.17) is 4.52 Å². The average Bonchev–Trinajstić information content (AvgIpc) is 3.08. The Labute approximate surface area is 108 Å². The van der Waals surface area contributed by atoms with Crippen LogP contribution in [0.5, 0.6) is 0 Å². The molecule has 0 radical (unpaired) electrons. The maximum Gasteiger partial charge on any atom is 0.228 e. The zero-order chi connectivity index (χ0) is 12.4. The molecule has 0 aromatic carbocycles. The van der Waals surface area contributed by atoms with Gasteiger partial charge < -0.3 is 4.52 Å². The van der Waals surface area contributed by atoms with Gasteiger partial charge >= 0.3 is 0 Å². The lowest BCUT2D eigenvalue weighted by atomic mass is 10.4. The highest BCUT2D eigenvalue weighted by Crippen LogP contribution is 2.21. The quantitative estimate of drug-likeness (QED) is 0.723. The monoisotopic (exact) mass is 260 g/mol. The number of nitrogens with zero attached hydrogens (tertiary/aromatic N) is 4. The summed E-state index contributed by atoms with van der Waals surface area (Å²) < 4.78 is 7.16. The van der Waals surface area contributed by atoms with Crippen molar-refractivity contribution in [2.75, 3.05) is 0 Å². The molecule has 0 unspecified atom stereocenters. The van der Waals surface area contributed by atoms with Crippen molar-refractivity contribution in [1.29, 1.82) is 0 Å². The van der Waals surface area contributed by atoms with Gasteiger partial charge in [0.1, 0.15) is 0 Å². The molecular formula is C12H12N4OS. The Balaban J connectivity index is 1.69. The third kappa shape index (κ3) is 2.19. The molecule has 3 aromatic heterocycles. The van der Waals surface area contributed by atoms with Crippen LogP contribution in [0.1, 0.15) is 11.6 Å². The fourth-order valence-electron chi connectivity index (χ4n) is 1.70. The average molecular weight is 260 g/mol. The molecule has 0 bridgehead atoms. The summed E-state index contributed by atoms with van der Waals surface area (Å²) in [5, 5.41) is 10.2. The zero-order valence-electron chi connectivity index (χ0n) is 9.91. The van der Waals surface area contributed by atoms with Gasteiger partial charge in [-0.3, -0.25) is 4.68 Å². The largest absolute Gasteiger partial charge is 0.339 e. The predicted octanol–water partition coefficient (Wildman–Crippen LogP) is 2.55. The molecule has 18 heavy (non-hydrogen) atoms. The molecule has 0 saturated carbocycles. The lowest BCUT2D eigenvalue weighted by Crippen LogP contribution is -2.04. The van der Waals surface area contributed by atoms with Crippen molar-refractivity contribution in [2.24, 2.45) is 0 Å². The van der Waals surface area contributed by atoms with E-state index in [1.165, 1.54) is 0 Å². The third-order valence-electron chi connectivity index (χ3n) is 2.68. The Morgan fingerprint density at radius 1 is 1.39 bits per heavy atom. The molecule has 3 rings (SSSR count). The summed E-state index contributed by atoms with van der Waals surface area (Å²) in [5.41, 5.74) is 1.13. The summed E-state index contributed by atoms with van der Waals surface area (Å²) in [6.07, 6.45) is 2.49. The molecule has 0 aliphatic carbocycles. The van der Waals surface area contributed by atoms with Crippen LogP contribution in [0.15, 0.2) is 34.3 Å². The highest BCUT2D eigenvalue weighted by molar-refractivity contribution is 7.13. The fourth-order valence-corrected chi connectivity index (χ4v) is 2.35. The van der Waals surface area contributed by atoms with Crippen molar-refractivity contribution in [1.82, 2.24) is 19.9 Å². The van der Waals surface area contributed by atoms with Gasteiger partial charge in [0, 0.05) is 24.9 Å². The smallest absolute Gasteiger partial charge is 0.228 e. The normalized spacial score (nSPS) is 10.9. The molecule has 0 saturated heterocycles. The standard InChI is InChI=1S/C12H12N4OS/c1-9-4-6-13-16(9)7-5-11-14-12(15-17-11)10-3-2-8-18-10/h2-4,6,8H,5,7H2,1H3. The van der Waals surface area contributed by atoms with Gasteiger partial charge in [-0.2, -0.15) is 10.1 Å². The van der Waals surface area contributed by atoms with Crippen molar-refractivity contribution >= 4 is 11.3 Å². The van der Waals surface area contributed by atoms with E-state index in [9.17, 15) is 0 Å². The number of rotatable bonds is 4. The minimum absolute atomic E-state index is 0.647. The SMILES string of the molecule is Cc1ccnn1CCc1nc(-c2cccs2)no1. The van der Waals surface area contributed by atoms with Crippen LogP contribution in [-0.4, -0.2) is 19.9 Å². The van der Waals surface area contributed by atoms with Gasteiger partial charge in [-0.25, -0.2) is 0 Å². The molecule has 0 atom stereocenters. The third-order valence-corrected chi connectivity index (χ3v) is 3.54. The molecular weight excluding hydrogens is 248 g/mol. The van der Waals surface area contributed by atoms with Crippen LogP contribution in [0.4, 0.5) is 0 Å². The molecule has 6 heteroatoms. The van der Waals surface area contributed by atoms with E-state index >= 15 is 0 Å². The van der Waals surface area contributed by atoms with Gasteiger partial charge in [0.05, 0.1) is 4.88 Å². The van der Waals surface area contributed by atoms with E-state index < -0.39 is 0 Å². The van der Waals surface area contributed by atoms with Crippen LogP contribution in [0.3, 0.4) is 0 Å². The molecule has 0 amide bonds. The first-order valence-corrected chi connectivity index (χ1v) is 6.56. The molecule has 3 aromatic rings. The van der Waals surface area contributed by atoms with Crippen molar-refractivity contribution in [2.45, 2.75) is 19.9 Å². The summed E-state index contributed by atoms with van der Waals surface area (Å²) in [7, 11) is 0. The van der Waals surface area contributed by atoms with Crippen molar-refractivity contribution in [3.05, 3.63) is 41.4 Å². The lowest BCUT2D eigenvalue weighted by Gasteiger charge is -2.00. The number of aryl methyl sites for hydroxylation is 3. The summed E-state index contributed by atoms with van der Waals surface area (Å²) >= 11 is 1.61. The second kappa shape index (κ2) is 4.73. The molecule has 0 fully saturated rings.